The third-order valence-electron chi connectivity index (χ3n) is 3.96. The van der Waals surface area contributed by atoms with Crippen LogP contribution in [0.15, 0.2) is 29.4 Å². The van der Waals surface area contributed by atoms with E-state index in [-0.39, 0.29) is 16.7 Å². The zero-order valence-corrected chi connectivity index (χ0v) is 16.3. The highest BCUT2D eigenvalue weighted by Crippen LogP contribution is 2.29. The average molecular weight is 413 g/mol. The summed E-state index contributed by atoms with van der Waals surface area (Å²) in [5.74, 6) is -1.03. The van der Waals surface area contributed by atoms with Crippen molar-refractivity contribution >= 4 is 55.7 Å². The first-order chi connectivity index (χ1) is 12.3. The van der Waals surface area contributed by atoms with E-state index in [1.165, 1.54) is 17.6 Å². The minimum Gasteiger partial charge on any atom is -0.331 e. The fraction of sp³-hybridized carbons (Fsp3) is 0.312. The molecule has 2 heterocycles. The summed E-state index contributed by atoms with van der Waals surface area (Å²) >= 11 is 7.40. The van der Waals surface area contributed by atoms with E-state index < -0.39 is 21.7 Å². The molecule has 138 valence electrons. The standard InChI is InChI=1S/C16H17ClN4O3S2/c1-10-4-2-3-5-12(10)19-16-20-14(17)13(25-16)8-18-21-15(22)11-6-7-26(23,24)9-11/h2-5,8,11H,6-7,9H2,1H3,(H,19,20)(H,21,22)/b18-8+/t11-/m0/s1. The van der Waals surface area contributed by atoms with Gasteiger partial charge >= 0.3 is 0 Å². The summed E-state index contributed by atoms with van der Waals surface area (Å²) in [5, 5.41) is 7.95. The van der Waals surface area contributed by atoms with Crippen LogP contribution in [0.3, 0.4) is 0 Å². The number of nitrogens with zero attached hydrogens (tertiary/aromatic N) is 2. The normalized spacial score (nSPS) is 18.9. The van der Waals surface area contributed by atoms with E-state index in [1.807, 2.05) is 31.2 Å². The molecule has 0 bridgehead atoms. The van der Waals surface area contributed by atoms with E-state index in [2.05, 4.69) is 20.8 Å². The maximum absolute atomic E-state index is 11.9. The number of sulfone groups is 1. The molecule has 0 aliphatic carbocycles. The molecule has 1 amide bonds. The maximum Gasteiger partial charge on any atom is 0.244 e. The Bertz CT molecular complexity index is 956. The Morgan fingerprint density at radius 2 is 2.19 bits per heavy atom. The van der Waals surface area contributed by atoms with E-state index in [4.69, 9.17) is 11.6 Å². The molecule has 2 N–H and O–H groups in total. The predicted molar refractivity (Wildman–Crippen MR) is 104 cm³/mol. The van der Waals surface area contributed by atoms with Gasteiger partial charge in [-0.2, -0.15) is 5.10 Å². The second-order valence-electron chi connectivity index (χ2n) is 5.95. The molecule has 1 aromatic heterocycles. The summed E-state index contributed by atoms with van der Waals surface area (Å²) in [4.78, 5) is 16.8. The Balaban J connectivity index is 1.62. The highest BCUT2D eigenvalue weighted by Gasteiger charge is 2.32. The van der Waals surface area contributed by atoms with Crippen LogP contribution in [0.1, 0.15) is 16.9 Å². The third-order valence-corrected chi connectivity index (χ3v) is 7.03. The molecule has 0 radical (unpaired) electrons. The number of nitrogens with one attached hydrogen (secondary N) is 2. The molecule has 26 heavy (non-hydrogen) atoms. The van der Waals surface area contributed by atoms with Gasteiger partial charge in [-0.05, 0) is 25.0 Å². The molecule has 0 saturated carbocycles. The molecule has 3 rings (SSSR count). The van der Waals surface area contributed by atoms with Gasteiger partial charge in [0.25, 0.3) is 0 Å². The van der Waals surface area contributed by atoms with Crippen LogP contribution in [0.4, 0.5) is 10.8 Å². The van der Waals surface area contributed by atoms with Gasteiger partial charge in [0.2, 0.25) is 5.91 Å². The first kappa shape index (κ1) is 18.8. The number of carbonyl (C=O) groups is 1. The molecule has 1 fully saturated rings. The van der Waals surface area contributed by atoms with Crippen LogP contribution in [-0.4, -0.2) is 37.0 Å². The lowest BCUT2D eigenvalue weighted by Crippen LogP contribution is -2.27. The number of hydrazone groups is 1. The van der Waals surface area contributed by atoms with E-state index in [9.17, 15) is 13.2 Å². The number of thiazole rings is 1. The predicted octanol–water partition coefficient (Wildman–Crippen LogP) is 2.73. The van der Waals surface area contributed by atoms with Gasteiger partial charge in [-0.25, -0.2) is 18.8 Å². The number of carbonyl (C=O) groups excluding carboxylic acids is 1. The summed E-state index contributed by atoms with van der Waals surface area (Å²) < 4.78 is 22.8. The van der Waals surface area contributed by atoms with Gasteiger partial charge in [0.1, 0.15) is 0 Å². The third kappa shape index (κ3) is 4.60. The lowest BCUT2D eigenvalue weighted by Gasteiger charge is -2.05. The van der Waals surface area contributed by atoms with Crippen LogP contribution >= 0.6 is 22.9 Å². The number of hydrogen-bond donors (Lipinski definition) is 2. The molecule has 1 aromatic carbocycles. The Kier molecular flexibility index (Phi) is 5.59. The van der Waals surface area contributed by atoms with Crippen LogP contribution < -0.4 is 10.7 Å². The van der Waals surface area contributed by atoms with Crippen molar-refractivity contribution < 1.29 is 13.2 Å². The summed E-state index contributed by atoms with van der Waals surface area (Å²) in [6.07, 6.45) is 1.74. The van der Waals surface area contributed by atoms with Gasteiger partial charge in [0, 0.05) is 5.69 Å². The molecule has 1 aliphatic rings. The largest absolute Gasteiger partial charge is 0.331 e. The fourth-order valence-electron chi connectivity index (χ4n) is 2.52. The van der Waals surface area contributed by atoms with Gasteiger partial charge in [-0.1, -0.05) is 41.1 Å². The first-order valence-electron chi connectivity index (χ1n) is 7.86. The quantitative estimate of drug-likeness (QED) is 0.580. The van der Waals surface area contributed by atoms with Crippen LogP contribution in [-0.2, 0) is 14.6 Å². The number of aromatic nitrogens is 1. The zero-order valence-electron chi connectivity index (χ0n) is 13.9. The molecule has 1 atom stereocenters. The van der Waals surface area contributed by atoms with Crippen molar-refractivity contribution in [2.75, 3.05) is 16.8 Å². The number of para-hydroxylation sites is 1. The van der Waals surface area contributed by atoms with Crippen LogP contribution in [0.5, 0.6) is 0 Å². The molecule has 7 nitrogen and oxygen atoms in total. The molecule has 2 aromatic rings. The van der Waals surface area contributed by atoms with Gasteiger partial charge in [-0.3, -0.25) is 4.79 Å². The lowest BCUT2D eigenvalue weighted by molar-refractivity contribution is -0.124. The van der Waals surface area contributed by atoms with Crippen molar-refractivity contribution in [2.24, 2.45) is 11.0 Å². The Labute approximate surface area is 160 Å². The van der Waals surface area contributed by atoms with Crippen molar-refractivity contribution in [3.8, 4) is 0 Å². The maximum atomic E-state index is 11.9. The number of amides is 1. The number of anilines is 2. The highest BCUT2D eigenvalue weighted by molar-refractivity contribution is 7.91. The van der Waals surface area contributed by atoms with Gasteiger partial charge in [-0.15, -0.1) is 0 Å². The summed E-state index contributed by atoms with van der Waals surface area (Å²) in [7, 11) is -3.10. The second kappa shape index (κ2) is 7.73. The van der Waals surface area contributed by atoms with E-state index in [0.717, 1.165) is 11.3 Å². The SMILES string of the molecule is Cc1ccccc1Nc1nc(Cl)c(/C=N/NC(=O)[C@H]2CCS(=O)(=O)C2)s1. The van der Waals surface area contributed by atoms with E-state index >= 15 is 0 Å². The lowest BCUT2D eigenvalue weighted by atomic mass is 10.1. The zero-order chi connectivity index (χ0) is 18.7. The molecule has 1 saturated heterocycles. The van der Waals surface area contributed by atoms with Crippen molar-refractivity contribution in [1.29, 1.82) is 0 Å². The average Bonchev–Trinajstić information content (AvgIpc) is 3.12. The number of hydrogen-bond acceptors (Lipinski definition) is 7. The first-order valence-corrected chi connectivity index (χ1v) is 10.9. The van der Waals surface area contributed by atoms with Crippen LogP contribution in [0.2, 0.25) is 5.15 Å². The van der Waals surface area contributed by atoms with Gasteiger partial charge < -0.3 is 5.32 Å². The van der Waals surface area contributed by atoms with Crippen molar-refractivity contribution in [1.82, 2.24) is 10.4 Å². The van der Waals surface area contributed by atoms with Crippen molar-refractivity contribution in [3.05, 3.63) is 39.9 Å². The molecule has 10 heteroatoms. The topological polar surface area (TPSA) is 101 Å². The number of aryl methyl sites for hydroxylation is 1. The molecule has 0 spiro atoms. The van der Waals surface area contributed by atoms with Gasteiger partial charge in [0.05, 0.1) is 28.5 Å². The molecular weight excluding hydrogens is 396 g/mol. The number of benzene rings is 1. The van der Waals surface area contributed by atoms with Crippen molar-refractivity contribution in [2.45, 2.75) is 13.3 Å². The molecular formula is C16H17ClN4O3S2. The van der Waals surface area contributed by atoms with Gasteiger partial charge in [0.15, 0.2) is 20.1 Å². The summed E-state index contributed by atoms with van der Waals surface area (Å²) in [5.41, 5.74) is 4.38. The Morgan fingerprint density at radius 1 is 1.42 bits per heavy atom. The monoisotopic (exact) mass is 412 g/mol. The number of halogens is 1. The molecule has 1 aliphatic heterocycles. The minimum atomic E-state index is -3.10. The summed E-state index contributed by atoms with van der Waals surface area (Å²) in [6, 6.07) is 7.80. The minimum absolute atomic E-state index is 0.0450. The van der Waals surface area contributed by atoms with E-state index in [1.54, 1.807) is 0 Å². The fourth-order valence-corrected chi connectivity index (χ4v) is 5.30. The molecule has 0 unspecified atom stereocenters. The van der Waals surface area contributed by atoms with Crippen molar-refractivity contribution in [3.63, 3.8) is 0 Å². The number of rotatable bonds is 5. The van der Waals surface area contributed by atoms with Crippen LogP contribution in [0.25, 0.3) is 0 Å². The second-order valence-corrected chi connectivity index (χ2v) is 9.57. The smallest absolute Gasteiger partial charge is 0.244 e. The Hall–Kier alpha value is -1.97. The van der Waals surface area contributed by atoms with Crippen LogP contribution in [0, 0.1) is 12.8 Å². The Morgan fingerprint density at radius 3 is 2.88 bits per heavy atom. The van der Waals surface area contributed by atoms with E-state index in [0.29, 0.717) is 16.4 Å². The summed E-state index contributed by atoms with van der Waals surface area (Å²) in [6.45, 7) is 1.98. The highest BCUT2D eigenvalue weighted by atomic mass is 35.5.